The van der Waals surface area contributed by atoms with Crippen molar-refractivity contribution in [3.05, 3.63) is 80.6 Å². The summed E-state index contributed by atoms with van der Waals surface area (Å²) in [6, 6.07) is 9.13. The quantitative estimate of drug-likeness (QED) is 0.683. The molecule has 3 heterocycles. The maximum atomic E-state index is 13.1. The second-order valence-electron chi connectivity index (χ2n) is 6.93. The van der Waals surface area contributed by atoms with Crippen molar-refractivity contribution < 1.29 is 19.4 Å². The number of benzene rings is 1. The Kier molecular flexibility index (Phi) is 5.18. The summed E-state index contributed by atoms with van der Waals surface area (Å²) in [4.78, 5) is 37.4. The molecule has 29 heavy (non-hydrogen) atoms. The van der Waals surface area contributed by atoms with Gasteiger partial charge in [0.05, 0.1) is 12.6 Å². The van der Waals surface area contributed by atoms with Crippen molar-refractivity contribution >= 4 is 11.5 Å². The van der Waals surface area contributed by atoms with Gasteiger partial charge in [-0.1, -0.05) is 30.3 Å². The Morgan fingerprint density at radius 3 is 2.69 bits per heavy atom. The lowest BCUT2D eigenvalue weighted by Crippen LogP contribution is -2.30. The molecule has 1 atom stereocenters. The fraction of sp³-hybridized carbons (Fsp3) is 0.286. The average Bonchev–Trinajstić information content (AvgIpc) is 3.23. The molecule has 0 amide bonds. The summed E-state index contributed by atoms with van der Waals surface area (Å²) in [5.74, 6) is -1.64. The van der Waals surface area contributed by atoms with Gasteiger partial charge in [0, 0.05) is 25.2 Å². The Morgan fingerprint density at radius 1 is 1.21 bits per heavy atom. The molecule has 0 aliphatic carbocycles. The number of carboxylic acid groups (broad SMARTS) is 1. The Hall–Kier alpha value is -3.39. The first-order chi connectivity index (χ1) is 14.0. The third kappa shape index (κ3) is 3.79. The van der Waals surface area contributed by atoms with Gasteiger partial charge in [-0.3, -0.25) is 9.59 Å². The zero-order valence-corrected chi connectivity index (χ0v) is 15.6. The second-order valence-corrected chi connectivity index (χ2v) is 6.93. The molecule has 1 fully saturated rings. The largest absolute Gasteiger partial charge is 0.483 e. The summed E-state index contributed by atoms with van der Waals surface area (Å²) in [6.45, 7) is 1.07. The van der Waals surface area contributed by atoms with Gasteiger partial charge in [-0.15, -0.1) is 0 Å². The first kappa shape index (κ1) is 18.9. The van der Waals surface area contributed by atoms with Crippen molar-refractivity contribution in [2.75, 3.05) is 6.61 Å². The molecule has 1 aliphatic heterocycles. The molecule has 150 valence electrons. The number of nitrogens with zero attached hydrogens (tertiary/aromatic N) is 2. The standard InChI is InChI=1S/C21H20N2O6/c24-18-16(21(26)27)12-22-8-9-23(11-15-7-4-10-28-15)20(25)17(22)19(18)29-13-14-5-2-1-3-6-14/h1-3,5-6,8-9,12,15H,4,7,10-11,13H2,(H,26,27). The zero-order valence-electron chi connectivity index (χ0n) is 15.6. The van der Waals surface area contributed by atoms with Gasteiger partial charge in [0.2, 0.25) is 5.43 Å². The topological polar surface area (TPSA) is 99.2 Å². The molecule has 1 unspecified atom stereocenters. The predicted molar refractivity (Wildman–Crippen MR) is 105 cm³/mol. The first-order valence-corrected chi connectivity index (χ1v) is 9.34. The minimum Gasteiger partial charge on any atom is -0.483 e. The average molecular weight is 396 g/mol. The van der Waals surface area contributed by atoms with Crippen molar-refractivity contribution in [1.29, 1.82) is 0 Å². The molecule has 1 N–H and O–H groups in total. The number of rotatable bonds is 6. The summed E-state index contributed by atoms with van der Waals surface area (Å²) in [7, 11) is 0. The highest BCUT2D eigenvalue weighted by atomic mass is 16.5. The van der Waals surface area contributed by atoms with E-state index in [4.69, 9.17) is 9.47 Å². The summed E-state index contributed by atoms with van der Waals surface area (Å²) in [6.07, 6.45) is 6.00. The Labute approximate surface area is 165 Å². The maximum Gasteiger partial charge on any atom is 0.341 e. The van der Waals surface area contributed by atoms with Gasteiger partial charge in [0.15, 0.2) is 11.3 Å². The van der Waals surface area contributed by atoms with E-state index in [1.807, 2.05) is 30.3 Å². The van der Waals surface area contributed by atoms with E-state index >= 15 is 0 Å². The van der Waals surface area contributed by atoms with Crippen LogP contribution in [0.2, 0.25) is 0 Å². The van der Waals surface area contributed by atoms with Crippen molar-refractivity contribution in [2.24, 2.45) is 0 Å². The summed E-state index contributed by atoms with van der Waals surface area (Å²) in [5.41, 5.74) is -0.903. The first-order valence-electron chi connectivity index (χ1n) is 9.34. The van der Waals surface area contributed by atoms with Crippen LogP contribution < -0.4 is 15.7 Å². The van der Waals surface area contributed by atoms with E-state index in [9.17, 15) is 19.5 Å². The van der Waals surface area contributed by atoms with Crippen molar-refractivity contribution in [2.45, 2.75) is 32.1 Å². The normalized spacial score (nSPS) is 16.2. The van der Waals surface area contributed by atoms with E-state index in [0.717, 1.165) is 24.6 Å². The zero-order chi connectivity index (χ0) is 20.4. The number of pyridine rings is 1. The van der Waals surface area contributed by atoms with Crippen LogP contribution >= 0.6 is 0 Å². The van der Waals surface area contributed by atoms with Gasteiger partial charge >= 0.3 is 5.97 Å². The Morgan fingerprint density at radius 2 is 2.00 bits per heavy atom. The molecule has 0 bridgehead atoms. The number of hydrogen-bond donors (Lipinski definition) is 1. The lowest BCUT2D eigenvalue weighted by Gasteiger charge is -2.15. The van der Waals surface area contributed by atoms with Crippen LogP contribution in [0.5, 0.6) is 5.75 Å². The van der Waals surface area contributed by atoms with E-state index in [2.05, 4.69) is 0 Å². The third-order valence-corrected chi connectivity index (χ3v) is 4.94. The van der Waals surface area contributed by atoms with Crippen LogP contribution in [-0.4, -0.2) is 32.8 Å². The minimum atomic E-state index is -1.38. The van der Waals surface area contributed by atoms with Crippen molar-refractivity contribution in [3.63, 3.8) is 0 Å². The van der Waals surface area contributed by atoms with Gasteiger partial charge in [-0.05, 0) is 18.4 Å². The lowest BCUT2D eigenvalue weighted by atomic mass is 10.2. The molecule has 0 spiro atoms. The molecule has 1 aliphatic rings. The predicted octanol–water partition coefficient (Wildman–Crippen LogP) is 1.92. The highest BCUT2D eigenvalue weighted by Crippen LogP contribution is 2.17. The Balaban J connectivity index is 1.82. The van der Waals surface area contributed by atoms with E-state index in [-0.39, 0.29) is 24.0 Å². The Bertz CT molecular complexity index is 1160. The van der Waals surface area contributed by atoms with Crippen molar-refractivity contribution in [3.8, 4) is 5.75 Å². The molecule has 0 radical (unpaired) electrons. The lowest BCUT2D eigenvalue weighted by molar-refractivity contribution is 0.0694. The van der Waals surface area contributed by atoms with E-state index in [1.54, 1.807) is 12.4 Å². The smallest absolute Gasteiger partial charge is 0.341 e. The molecule has 8 nitrogen and oxygen atoms in total. The highest BCUT2D eigenvalue weighted by Gasteiger charge is 2.22. The number of fused-ring (bicyclic) bond motifs is 1. The number of aromatic nitrogens is 2. The molecule has 1 aromatic carbocycles. The maximum absolute atomic E-state index is 13.1. The summed E-state index contributed by atoms with van der Waals surface area (Å²) < 4.78 is 14.1. The van der Waals surface area contributed by atoms with Crippen molar-refractivity contribution in [1.82, 2.24) is 8.97 Å². The molecule has 2 aromatic heterocycles. The molecular weight excluding hydrogens is 376 g/mol. The number of aromatic carboxylic acids is 1. The molecule has 4 rings (SSSR count). The molecule has 3 aromatic rings. The fourth-order valence-electron chi connectivity index (χ4n) is 3.46. The van der Waals surface area contributed by atoms with Crippen LogP contribution in [0.25, 0.3) is 5.52 Å². The van der Waals surface area contributed by atoms with Gasteiger partial charge in [-0.25, -0.2) is 4.79 Å². The monoisotopic (exact) mass is 396 g/mol. The number of carboxylic acids is 1. The van der Waals surface area contributed by atoms with Crippen LogP contribution in [0.3, 0.4) is 0 Å². The summed E-state index contributed by atoms with van der Waals surface area (Å²) >= 11 is 0. The van der Waals surface area contributed by atoms with E-state index in [1.165, 1.54) is 8.97 Å². The van der Waals surface area contributed by atoms with Gasteiger partial charge in [0.1, 0.15) is 12.2 Å². The fourth-order valence-corrected chi connectivity index (χ4v) is 3.46. The van der Waals surface area contributed by atoms with Crippen LogP contribution in [0.4, 0.5) is 0 Å². The van der Waals surface area contributed by atoms with Gasteiger partial charge < -0.3 is 23.5 Å². The SMILES string of the molecule is O=C(O)c1cn2ccn(CC3CCCO3)c(=O)c2c(OCc2ccccc2)c1=O. The third-order valence-electron chi connectivity index (χ3n) is 4.94. The molecule has 0 saturated carbocycles. The number of carbonyl (C=O) groups is 1. The van der Waals surface area contributed by atoms with Crippen LogP contribution in [-0.2, 0) is 17.9 Å². The van der Waals surface area contributed by atoms with Crippen LogP contribution in [0, 0.1) is 0 Å². The van der Waals surface area contributed by atoms with E-state index in [0.29, 0.717) is 13.2 Å². The number of hydrogen-bond acceptors (Lipinski definition) is 5. The van der Waals surface area contributed by atoms with Gasteiger partial charge in [0.25, 0.3) is 5.56 Å². The van der Waals surface area contributed by atoms with Gasteiger partial charge in [-0.2, -0.15) is 0 Å². The molecule has 8 heteroatoms. The number of ether oxygens (including phenoxy) is 2. The molecule has 1 saturated heterocycles. The second kappa shape index (κ2) is 7.92. The van der Waals surface area contributed by atoms with E-state index < -0.39 is 22.5 Å². The van der Waals surface area contributed by atoms with Crippen LogP contribution in [0.1, 0.15) is 28.8 Å². The molecular formula is C21H20N2O6. The van der Waals surface area contributed by atoms with Crippen LogP contribution in [0.15, 0.2) is 58.5 Å². The minimum absolute atomic E-state index is 0.0106. The highest BCUT2D eigenvalue weighted by molar-refractivity contribution is 5.88. The summed E-state index contributed by atoms with van der Waals surface area (Å²) in [5, 5.41) is 9.38.